The van der Waals surface area contributed by atoms with E-state index in [-0.39, 0.29) is 0 Å². The summed E-state index contributed by atoms with van der Waals surface area (Å²) in [6, 6.07) is 0. The Hall–Kier alpha value is 0. The zero-order chi connectivity index (χ0) is 16.3. The van der Waals surface area contributed by atoms with Gasteiger partial charge < -0.3 is 0 Å². The molecule has 0 bridgehead atoms. The molecule has 0 spiro atoms. The van der Waals surface area contributed by atoms with Gasteiger partial charge in [0.05, 0.1) is 0 Å². The third-order valence-electron chi connectivity index (χ3n) is 9.26. The van der Waals surface area contributed by atoms with Crippen molar-refractivity contribution in [3.63, 3.8) is 0 Å². The van der Waals surface area contributed by atoms with Crippen molar-refractivity contribution >= 4 is 0 Å². The SMILES string of the molecule is C1CCC(C2(C3(C4CCCCC4)CCCCC3)CCCCC2)CC1. The minimum absolute atomic E-state index is 0.772. The molecular formula is C24H42. The second kappa shape index (κ2) is 7.71. The lowest BCUT2D eigenvalue weighted by molar-refractivity contribution is -0.133. The fourth-order valence-electron chi connectivity index (χ4n) is 8.30. The van der Waals surface area contributed by atoms with Crippen LogP contribution in [0.4, 0.5) is 0 Å². The summed E-state index contributed by atoms with van der Waals surface area (Å²) < 4.78 is 0. The quantitative estimate of drug-likeness (QED) is 0.491. The summed E-state index contributed by atoms with van der Waals surface area (Å²) in [5, 5.41) is 0. The molecule has 0 heterocycles. The van der Waals surface area contributed by atoms with Gasteiger partial charge in [0.2, 0.25) is 0 Å². The third kappa shape index (κ3) is 2.99. The minimum Gasteiger partial charge on any atom is -0.0533 e. The van der Waals surface area contributed by atoms with E-state index in [9.17, 15) is 0 Å². The van der Waals surface area contributed by atoms with Gasteiger partial charge in [0.1, 0.15) is 0 Å². The fourth-order valence-corrected chi connectivity index (χ4v) is 8.30. The first-order valence-corrected chi connectivity index (χ1v) is 11.9. The van der Waals surface area contributed by atoms with Gasteiger partial charge in [-0.3, -0.25) is 0 Å². The van der Waals surface area contributed by atoms with Crippen LogP contribution in [0.15, 0.2) is 0 Å². The maximum absolute atomic E-state index is 1.62. The summed E-state index contributed by atoms with van der Waals surface area (Å²) in [5.74, 6) is 2.21. The highest BCUT2D eigenvalue weighted by molar-refractivity contribution is 5.07. The molecule has 0 aromatic heterocycles. The molecule has 138 valence electrons. The van der Waals surface area contributed by atoms with Gasteiger partial charge >= 0.3 is 0 Å². The van der Waals surface area contributed by atoms with E-state index >= 15 is 0 Å². The highest BCUT2D eigenvalue weighted by atomic mass is 14.6. The molecule has 0 saturated heterocycles. The summed E-state index contributed by atoms with van der Waals surface area (Å²) in [7, 11) is 0. The van der Waals surface area contributed by atoms with E-state index in [4.69, 9.17) is 0 Å². The van der Waals surface area contributed by atoms with E-state index < -0.39 is 0 Å². The Labute approximate surface area is 151 Å². The Bertz CT molecular complexity index is 333. The van der Waals surface area contributed by atoms with Gasteiger partial charge in [-0.05, 0) is 74.0 Å². The summed E-state index contributed by atoms with van der Waals surface area (Å²) in [4.78, 5) is 0. The molecule has 0 nitrogen and oxygen atoms in total. The molecule has 0 unspecified atom stereocenters. The summed E-state index contributed by atoms with van der Waals surface area (Å²) in [5.41, 5.74) is 1.54. The van der Waals surface area contributed by atoms with Crippen molar-refractivity contribution in [3.8, 4) is 0 Å². The first-order chi connectivity index (χ1) is 11.9. The molecular weight excluding hydrogens is 288 g/mol. The first kappa shape index (κ1) is 17.4. The van der Waals surface area contributed by atoms with Crippen LogP contribution < -0.4 is 0 Å². The monoisotopic (exact) mass is 330 g/mol. The molecule has 24 heavy (non-hydrogen) atoms. The van der Waals surface area contributed by atoms with E-state index in [1.807, 2.05) is 0 Å². The fraction of sp³-hybridized carbons (Fsp3) is 1.00. The highest BCUT2D eigenvalue weighted by Gasteiger charge is 2.57. The van der Waals surface area contributed by atoms with Crippen molar-refractivity contribution in [1.29, 1.82) is 0 Å². The molecule has 0 heteroatoms. The predicted molar refractivity (Wildman–Crippen MR) is 104 cm³/mol. The van der Waals surface area contributed by atoms with Crippen LogP contribution in [0.25, 0.3) is 0 Å². The number of hydrogen-bond acceptors (Lipinski definition) is 0. The van der Waals surface area contributed by atoms with Crippen LogP contribution in [-0.2, 0) is 0 Å². The molecule has 4 saturated carbocycles. The van der Waals surface area contributed by atoms with Gasteiger partial charge in [-0.25, -0.2) is 0 Å². The first-order valence-electron chi connectivity index (χ1n) is 11.9. The minimum atomic E-state index is 0.772. The second-order valence-corrected chi connectivity index (χ2v) is 10.1. The van der Waals surface area contributed by atoms with E-state index in [0.29, 0.717) is 0 Å². The molecule has 4 fully saturated rings. The zero-order valence-electron chi connectivity index (χ0n) is 16.3. The van der Waals surface area contributed by atoms with Crippen molar-refractivity contribution in [2.45, 2.75) is 128 Å². The van der Waals surface area contributed by atoms with Gasteiger partial charge in [-0.15, -0.1) is 0 Å². The topological polar surface area (TPSA) is 0 Å². The smallest absolute Gasteiger partial charge is 0.0210 e. The highest BCUT2D eigenvalue weighted by Crippen LogP contribution is 2.67. The lowest BCUT2D eigenvalue weighted by Gasteiger charge is -2.63. The standard InChI is InChI=1S/C24H42/c1-5-13-21(14-6-1)23(17-9-3-10-18-23)24(19-11-4-12-20-24)22-15-7-2-8-16-22/h21-22H,1-20H2. The van der Waals surface area contributed by atoms with E-state index in [0.717, 1.165) is 22.7 Å². The predicted octanol–water partition coefficient (Wildman–Crippen LogP) is 8.05. The van der Waals surface area contributed by atoms with E-state index in [1.165, 1.54) is 25.7 Å². The van der Waals surface area contributed by atoms with Crippen molar-refractivity contribution in [3.05, 3.63) is 0 Å². The van der Waals surface area contributed by atoms with Crippen LogP contribution in [-0.4, -0.2) is 0 Å². The summed E-state index contributed by atoms with van der Waals surface area (Å²) >= 11 is 0. The number of hydrogen-bond donors (Lipinski definition) is 0. The molecule has 0 amide bonds. The van der Waals surface area contributed by atoms with Crippen LogP contribution in [0, 0.1) is 22.7 Å². The molecule has 4 aliphatic rings. The second-order valence-electron chi connectivity index (χ2n) is 10.1. The van der Waals surface area contributed by atoms with Gasteiger partial charge in [-0.2, -0.15) is 0 Å². The van der Waals surface area contributed by atoms with Crippen LogP contribution in [0.2, 0.25) is 0 Å². The van der Waals surface area contributed by atoms with E-state index in [2.05, 4.69) is 0 Å². The summed E-state index contributed by atoms with van der Waals surface area (Å²) in [6.07, 6.45) is 31.4. The Balaban J connectivity index is 1.70. The Morgan fingerprint density at radius 2 is 0.625 bits per heavy atom. The van der Waals surface area contributed by atoms with Crippen LogP contribution in [0.1, 0.15) is 128 Å². The van der Waals surface area contributed by atoms with Gasteiger partial charge in [0.25, 0.3) is 0 Å². The molecule has 0 aliphatic heterocycles. The Kier molecular flexibility index (Phi) is 5.59. The van der Waals surface area contributed by atoms with Gasteiger partial charge in [0.15, 0.2) is 0 Å². The van der Waals surface area contributed by atoms with Crippen LogP contribution in [0.3, 0.4) is 0 Å². The molecule has 0 radical (unpaired) electrons. The Morgan fingerprint density at radius 1 is 0.333 bits per heavy atom. The molecule has 0 atom stereocenters. The lowest BCUT2D eigenvalue weighted by Crippen LogP contribution is -2.54. The largest absolute Gasteiger partial charge is 0.0533 e. The van der Waals surface area contributed by atoms with Crippen molar-refractivity contribution in [1.82, 2.24) is 0 Å². The molecule has 4 rings (SSSR count). The molecule has 0 N–H and O–H groups in total. The van der Waals surface area contributed by atoms with Gasteiger partial charge in [0, 0.05) is 0 Å². The average Bonchev–Trinajstić information content (AvgIpc) is 2.70. The maximum atomic E-state index is 1.62. The zero-order valence-corrected chi connectivity index (χ0v) is 16.3. The normalized spacial score (nSPS) is 32.5. The maximum Gasteiger partial charge on any atom is -0.0210 e. The molecule has 0 aromatic rings. The van der Waals surface area contributed by atoms with Crippen molar-refractivity contribution < 1.29 is 0 Å². The van der Waals surface area contributed by atoms with Crippen molar-refractivity contribution in [2.24, 2.45) is 22.7 Å². The van der Waals surface area contributed by atoms with Crippen molar-refractivity contribution in [2.75, 3.05) is 0 Å². The number of rotatable bonds is 3. The third-order valence-corrected chi connectivity index (χ3v) is 9.26. The molecule has 0 aromatic carbocycles. The molecule has 4 aliphatic carbocycles. The van der Waals surface area contributed by atoms with Crippen LogP contribution in [0.5, 0.6) is 0 Å². The average molecular weight is 331 g/mol. The van der Waals surface area contributed by atoms with Gasteiger partial charge in [-0.1, -0.05) is 77.0 Å². The Morgan fingerprint density at radius 3 is 0.958 bits per heavy atom. The lowest BCUT2D eigenvalue weighted by atomic mass is 9.42. The van der Waals surface area contributed by atoms with Crippen LogP contribution >= 0.6 is 0 Å². The van der Waals surface area contributed by atoms with E-state index in [1.54, 1.807) is 103 Å². The summed E-state index contributed by atoms with van der Waals surface area (Å²) in [6.45, 7) is 0.